The minimum atomic E-state index is -0.283. The summed E-state index contributed by atoms with van der Waals surface area (Å²) in [6.45, 7) is 7.16. The normalized spacial score (nSPS) is 12.3. The van der Waals surface area contributed by atoms with E-state index in [1.807, 2.05) is 24.3 Å². The van der Waals surface area contributed by atoms with E-state index in [4.69, 9.17) is 4.74 Å². The lowest BCUT2D eigenvalue weighted by Crippen LogP contribution is -2.39. The summed E-state index contributed by atoms with van der Waals surface area (Å²) in [5, 5.41) is 0. The zero-order chi connectivity index (χ0) is 14.3. The summed E-state index contributed by atoms with van der Waals surface area (Å²) in [6.07, 6.45) is 1.93. The van der Waals surface area contributed by atoms with Crippen LogP contribution >= 0.6 is 0 Å². The minimum absolute atomic E-state index is 0.173. The van der Waals surface area contributed by atoms with Gasteiger partial charge in [0.25, 0.3) is 0 Å². The van der Waals surface area contributed by atoms with Crippen molar-refractivity contribution in [3.05, 3.63) is 54.5 Å². The fourth-order valence-electron chi connectivity index (χ4n) is 1.82. The molecular weight excluding hydrogens is 238 g/mol. The predicted octanol–water partition coefficient (Wildman–Crippen LogP) is 2.59. The SMILES string of the molecule is [CH2-]COC(=O)/C(C)=C/C[N+](C)(C)Cc1ccccc1. The van der Waals surface area contributed by atoms with Crippen molar-refractivity contribution in [3.8, 4) is 0 Å². The Morgan fingerprint density at radius 3 is 2.53 bits per heavy atom. The van der Waals surface area contributed by atoms with Crippen molar-refractivity contribution in [1.29, 1.82) is 0 Å². The predicted molar refractivity (Wildman–Crippen MR) is 77.2 cm³/mol. The number of rotatable bonds is 6. The van der Waals surface area contributed by atoms with Gasteiger partial charge in [-0.25, -0.2) is 4.79 Å². The molecule has 3 nitrogen and oxygen atoms in total. The highest BCUT2D eigenvalue weighted by molar-refractivity contribution is 5.87. The van der Waals surface area contributed by atoms with Gasteiger partial charge in [0.1, 0.15) is 6.54 Å². The number of hydrogen-bond donors (Lipinski definition) is 0. The molecule has 19 heavy (non-hydrogen) atoms. The molecule has 1 aromatic carbocycles. The van der Waals surface area contributed by atoms with Crippen LogP contribution < -0.4 is 0 Å². The van der Waals surface area contributed by atoms with Crippen LogP contribution in [0.3, 0.4) is 0 Å². The van der Waals surface area contributed by atoms with Gasteiger partial charge in [-0.3, -0.25) is 0 Å². The largest absolute Gasteiger partial charge is 0.496 e. The summed E-state index contributed by atoms with van der Waals surface area (Å²) in [5.74, 6) is -0.283. The van der Waals surface area contributed by atoms with Gasteiger partial charge in [0.2, 0.25) is 0 Å². The smallest absolute Gasteiger partial charge is 0.330 e. The van der Waals surface area contributed by atoms with E-state index in [1.54, 1.807) is 6.92 Å². The van der Waals surface area contributed by atoms with Crippen molar-refractivity contribution in [2.24, 2.45) is 0 Å². The van der Waals surface area contributed by atoms with Crippen LogP contribution in [0.5, 0.6) is 0 Å². The zero-order valence-electron chi connectivity index (χ0n) is 12.1. The molecule has 0 spiro atoms. The molecule has 1 rings (SSSR count). The number of esters is 1. The molecule has 0 saturated carbocycles. The molecule has 0 heterocycles. The molecule has 0 bridgehead atoms. The van der Waals surface area contributed by atoms with Crippen LogP contribution in [0.4, 0.5) is 0 Å². The highest BCUT2D eigenvalue weighted by atomic mass is 16.5. The molecular formula is C16H23NO2. The standard InChI is InChI=1S/C16H23NO2/c1-5-19-16(18)14(2)11-12-17(3,4)13-15-9-7-6-8-10-15/h6-11H,1,5,12-13H2,2-4H3/b14-11+. The molecule has 0 aromatic heterocycles. The minimum Gasteiger partial charge on any atom is -0.496 e. The first kappa shape index (κ1) is 15.4. The van der Waals surface area contributed by atoms with E-state index in [0.717, 1.165) is 17.6 Å². The molecule has 0 aliphatic rings. The lowest BCUT2D eigenvalue weighted by molar-refractivity contribution is -0.897. The number of carbonyl (C=O) groups is 1. The van der Waals surface area contributed by atoms with Crippen molar-refractivity contribution in [2.45, 2.75) is 13.5 Å². The molecule has 0 aliphatic heterocycles. The number of hydrogen-bond acceptors (Lipinski definition) is 2. The average Bonchev–Trinajstić information content (AvgIpc) is 2.37. The number of ether oxygens (including phenoxy) is 1. The summed E-state index contributed by atoms with van der Waals surface area (Å²) in [4.78, 5) is 11.5. The van der Waals surface area contributed by atoms with Gasteiger partial charge in [-0.05, 0) is 19.6 Å². The maximum absolute atomic E-state index is 11.5. The van der Waals surface area contributed by atoms with Crippen LogP contribution in [-0.2, 0) is 16.1 Å². The number of benzene rings is 1. The van der Waals surface area contributed by atoms with Crippen LogP contribution in [0.25, 0.3) is 0 Å². The van der Waals surface area contributed by atoms with E-state index in [0.29, 0.717) is 5.57 Å². The topological polar surface area (TPSA) is 26.3 Å². The maximum Gasteiger partial charge on any atom is 0.330 e. The molecule has 0 N–H and O–H groups in total. The summed E-state index contributed by atoms with van der Waals surface area (Å²) >= 11 is 0. The summed E-state index contributed by atoms with van der Waals surface area (Å²) < 4.78 is 5.65. The molecule has 0 unspecified atom stereocenters. The Labute approximate surface area is 116 Å². The highest BCUT2D eigenvalue weighted by Gasteiger charge is 2.15. The van der Waals surface area contributed by atoms with Gasteiger partial charge in [0, 0.05) is 11.1 Å². The Morgan fingerprint density at radius 1 is 1.32 bits per heavy atom. The Bertz CT molecular complexity index is 435. The molecule has 0 radical (unpaired) electrons. The quantitative estimate of drug-likeness (QED) is 0.340. The van der Waals surface area contributed by atoms with Gasteiger partial charge in [-0.2, -0.15) is 0 Å². The fourth-order valence-corrected chi connectivity index (χ4v) is 1.82. The molecule has 0 saturated heterocycles. The summed E-state index contributed by atoms with van der Waals surface area (Å²) in [7, 11) is 4.28. The van der Waals surface area contributed by atoms with Crippen LogP contribution in [0.2, 0.25) is 0 Å². The molecule has 104 valence electrons. The number of carbonyl (C=O) groups excluding carboxylic acids is 1. The summed E-state index contributed by atoms with van der Waals surface area (Å²) in [6, 6.07) is 10.3. The van der Waals surface area contributed by atoms with E-state index in [-0.39, 0.29) is 12.6 Å². The molecule has 0 amide bonds. The van der Waals surface area contributed by atoms with Gasteiger partial charge in [-0.1, -0.05) is 30.3 Å². The second kappa shape index (κ2) is 7.10. The second-order valence-electron chi connectivity index (χ2n) is 5.29. The first-order chi connectivity index (χ1) is 8.94. The first-order valence-electron chi connectivity index (χ1n) is 6.43. The maximum atomic E-state index is 11.5. The molecule has 3 heteroatoms. The van der Waals surface area contributed by atoms with Crippen LogP contribution in [0, 0.1) is 6.92 Å². The van der Waals surface area contributed by atoms with Crippen LogP contribution in [-0.4, -0.2) is 37.7 Å². The van der Waals surface area contributed by atoms with Crippen LogP contribution in [0.1, 0.15) is 12.5 Å². The Balaban J connectivity index is 2.59. The third-order valence-corrected chi connectivity index (χ3v) is 2.90. The number of quaternary nitrogens is 1. The third-order valence-electron chi connectivity index (χ3n) is 2.90. The Kier molecular flexibility index (Phi) is 5.77. The van der Waals surface area contributed by atoms with E-state index >= 15 is 0 Å². The van der Waals surface area contributed by atoms with E-state index in [1.165, 1.54) is 5.56 Å². The Morgan fingerprint density at radius 2 is 1.95 bits per heavy atom. The molecule has 1 aromatic rings. The van der Waals surface area contributed by atoms with E-state index < -0.39 is 0 Å². The molecule has 0 atom stereocenters. The molecule has 0 aliphatic carbocycles. The van der Waals surface area contributed by atoms with Crippen molar-refractivity contribution in [1.82, 2.24) is 0 Å². The van der Waals surface area contributed by atoms with Crippen LogP contribution in [0.15, 0.2) is 42.0 Å². The monoisotopic (exact) mass is 261 g/mol. The Hall–Kier alpha value is -1.61. The van der Waals surface area contributed by atoms with Crippen molar-refractivity contribution >= 4 is 5.97 Å². The zero-order valence-corrected chi connectivity index (χ0v) is 12.1. The van der Waals surface area contributed by atoms with E-state index in [2.05, 4.69) is 33.2 Å². The molecule has 0 fully saturated rings. The lowest BCUT2D eigenvalue weighted by atomic mass is 10.2. The van der Waals surface area contributed by atoms with Gasteiger partial charge in [0.05, 0.1) is 20.6 Å². The van der Waals surface area contributed by atoms with Crippen molar-refractivity contribution < 1.29 is 14.0 Å². The van der Waals surface area contributed by atoms with Gasteiger partial charge >= 0.3 is 5.97 Å². The van der Waals surface area contributed by atoms with E-state index in [9.17, 15) is 4.79 Å². The van der Waals surface area contributed by atoms with Gasteiger partial charge in [0.15, 0.2) is 0 Å². The third kappa shape index (κ3) is 5.71. The fraction of sp³-hybridized carbons (Fsp3) is 0.375. The van der Waals surface area contributed by atoms with Crippen molar-refractivity contribution in [3.63, 3.8) is 0 Å². The average molecular weight is 261 g/mol. The summed E-state index contributed by atoms with van der Waals surface area (Å²) in [5.41, 5.74) is 1.93. The van der Waals surface area contributed by atoms with Crippen molar-refractivity contribution in [2.75, 3.05) is 27.2 Å². The second-order valence-corrected chi connectivity index (χ2v) is 5.29. The number of likely N-dealkylation sites (N-methyl/N-ethyl adjacent to an activating group) is 1. The number of nitrogens with zero attached hydrogens (tertiary/aromatic N) is 1. The van der Waals surface area contributed by atoms with Gasteiger partial charge in [-0.15, -0.1) is 0 Å². The first-order valence-corrected chi connectivity index (χ1v) is 6.43. The highest BCUT2D eigenvalue weighted by Crippen LogP contribution is 2.10. The van der Waals surface area contributed by atoms with Gasteiger partial charge < -0.3 is 16.1 Å². The lowest BCUT2D eigenvalue weighted by Gasteiger charge is -2.28.